The topological polar surface area (TPSA) is 183 Å². The Kier molecular flexibility index (Phi) is 11.7. The summed E-state index contributed by atoms with van der Waals surface area (Å²) in [6.07, 6.45) is 8.59. The molecule has 13 nitrogen and oxygen atoms in total. The van der Waals surface area contributed by atoms with E-state index in [1.807, 2.05) is 97.1 Å². The minimum Gasteiger partial charge on any atom is -0.412 e. The number of rotatable bonds is 5. The van der Waals surface area contributed by atoms with E-state index in [1.54, 1.807) is 36.9 Å². The number of aromatic nitrogens is 8. The van der Waals surface area contributed by atoms with E-state index < -0.39 is 0 Å². The highest BCUT2D eigenvalue weighted by atomic mass is 16.0. The van der Waals surface area contributed by atoms with Gasteiger partial charge in [0.05, 0.1) is 0 Å². The molecule has 0 amide bonds. The van der Waals surface area contributed by atoms with Crippen LogP contribution in [0.1, 0.15) is 17.0 Å². The molecule has 0 bridgehead atoms. The van der Waals surface area contributed by atoms with E-state index in [0.717, 1.165) is 11.4 Å². The van der Waals surface area contributed by atoms with Crippen molar-refractivity contribution >= 4 is 17.7 Å². The molecule has 222 valence electrons. The Morgan fingerprint density at radius 3 is 1.09 bits per heavy atom. The van der Waals surface area contributed by atoms with Crippen LogP contribution in [0.3, 0.4) is 0 Å². The number of nitrogens with zero attached hydrogens (tertiary/aromatic N) is 10. The first-order chi connectivity index (χ1) is 21.8. The number of pyridine rings is 4. The Hall–Kier alpha value is -6.60. The SMILES string of the molecule is C=Cc1ccccc1.O.c1ccc(-c2nnc(-c3ccccn3)nn2)nc1.c1ccc(C2=NNC(c3ccccn3)=NN2)nc1. The van der Waals surface area contributed by atoms with E-state index >= 15 is 0 Å². The van der Waals surface area contributed by atoms with Gasteiger partial charge < -0.3 is 5.48 Å². The number of nitrogens with one attached hydrogen (secondary N) is 2. The average molecular weight is 597 g/mol. The van der Waals surface area contributed by atoms with Crippen LogP contribution in [0.2, 0.25) is 0 Å². The summed E-state index contributed by atoms with van der Waals surface area (Å²) in [5, 5.41) is 24.4. The van der Waals surface area contributed by atoms with E-state index in [2.05, 4.69) is 68.0 Å². The van der Waals surface area contributed by atoms with Gasteiger partial charge in [-0.05, 0) is 54.1 Å². The van der Waals surface area contributed by atoms with E-state index in [9.17, 15) is 0 Å². The molecule has 6 heterocycles. The smallest absolute Gasteiger partial charge is 0.221 e. The third-order valence-electron chi connectivity index (χ3n) is 5.66. The molecule has 6 aromatic rings. The molecule has 13 heteroatoms. The van der Waals surface area contributed by atoms with Crippen molar-refractivity contribution in [1.82, 2.24) is 51.2 Å². The summed E-state index contributed by atoms with van der Waals surface area (Å²) in [6.45, 7) is 3.63. The molecular weight excluding hydrogens is 568 g/mol. The van der Waals surface area contributed by atoms with Crippen LogP contribution in [-0.2, 0) is 0 Å². The fourth-order valence-electron chi connectivity index (χ4n) is 3.52. The lowest BCUT2D eigenvalue weighted by Gasteiger charge is -2.13. The van der Waals surface area contributed by atoms with Crippen LogP contribution in [0.25, 0.3) is 29.1 Å². The molecule has 0 aliphatic carbocycles. The lowest BCUT2D eigenvalue weighted by atomic mass is 10.2. The van der Waals surface area contributed by atoms with Crippen molar-refractivity contribution in [2.75, 3.05) is 0 Å². The third kappa shape index (κ3) is 9.19. The molecule has 0 fully saturated rings. The molecule has 0 saturated heterocycles. The maximum absolute atomic E-state index is 4.18. The molecule has 7 rings (SSSR count). The molecule has 5 aromatic heterocycles. The van der Waals surface area contributed by atoms with E-state index in [1.165, 1.54) is 5.56 Å². The quantitative estimate of drug-likeness (QED) is 0.298. The van der Waals surface area contributed by atoms with Gasteiger partial charge in [0.1, 0.15) is 22.8 Å². The molecule has 0 unspecified atom stereocenters. The molecular formula is C32H28N12O. The van der Waals surface area contributed by atoms with Gasteiger partial charge in [-0.25, -0.2) is 0 Å². The highest BCUT2D eigenvalue weighted by molar-refractivity contribution is 6.04. The van der Waals surface area contributed by atoms with Gasteiger partial charge in [-0.15, -0.1) is 20.4 Å². The van der Waals surface area contributed by atoms with Gasteiger partial charge in [0.25, 0.3) is 0 Å². The summed E-state index contributed by atoms with van der Waals surface area (Å²) in [6, 6.07) is 32.2. The molecule has 0 saturated carbocycles. The zero-order valence-electron chi connectivity index (χ0n) is 23.9. The molecule has 0 spiro atoms. The summed E-state index contributed by atoms with van der Waals surface area (Å²) in [4.78, 5) is 16.6. The Bertz CT molecular complexity index is 1680. The summed E-state index contributed by atoms with van der Waals surface area (Å²) >= 11 is 0. The van der Waals surface area contributed by atoms with Crippen molar-refractivity contribution in [3.05, 3.63) is 151 Å². The van der Waals surface area contributed by atoms with Gasteiger partial charge in [-0.3, -0.25) is 30.8 Å². The maximum Gasteiger partial charge on any atom is 0.221 e. The van der Waals surface area contributed by atoms with Crippen LogP contribution >= 0.6 is 0 Å². The third-order valence-corrected chi connectivity index (χ3v) is 5.66. The van der Waals surface area contributed by atoms with Crippen molar-refractivity contribution in [3.63, 3.8) is 0 Å². The summed E-state index contributed by atoms with van der Waals surface area (Å²) in [5.74, 6) is 1.95. The summed E-state index contributed by atoms with van der Waals surface area (Å²) in [7, 11) is 0. The lowest BCUT2D eigenvalue weighted by molar-refractivity contribution is 0.824. The molecule has 0 radical (unpaired) electrons. The zero-order valence-corrected chi connectivity index (χ0v) is 23.9. The summed E-state index contributed by atoms with van der Waals surface area (Å²) < 4.78 is 0. The average Bonchev–Trinajstić information content (AvgIpc) is 3.14. The highest BCUT2D eigenvalue weighted by Gasteiger charge is 2.12. The second kappa shape index (κ2) is 16.7. The Labute approximate surface area is 258 Å². The molecule has 45 heavy (non-hydrogen) atoms. The number of benzene rings is 1. The Morgan fingerprint density at radius 1 is 0.444 bits per heavy atom. The number of hydrazone groups is 2. The number of amidine groups is 2. The molecule has 1 aliphatic heterocycles. The normalized spacial score (nSPS) is 11.2. The van der Waals surface area contributed by atoms with Crippen LogP contribution in [-0.4, -0.2) is 57.5 Å². The van der Waals surface area contributed by atoms with Crippen LogP contribution < -0.4 is 10.9 Å². The molecule has 1 aliphatic rings. The first kappa shape index (κ1) is 31.3. The van der Waals surface area contributed by atoms with Gasteiger partial charge in [-0.1, -0.05) is 67.3 Å². The maximum atomic E-state index is 4.18. The van der Waals surface area contributed by atoms with Crippen LogP contribution in [0.5, 0.6) is 0 Å². The summed E-state index contributed by atoms with van der Waals surface area (Å²) in [5.41, 5.74) is 9.64. The predicted molar refractivity (Wildman–Crippen MR) is 172 cm³/mol. The van der Waals surface area contributed by atoms with Crippen LogP contribution in [0, 0.1) is 0 Å². The van der Waals surface area contributed by atoms with E-state index in [4.69, 9.17) is 0 Å². The van der Waals surface area contributed by atoms with Crippen molar-refractivity contribution in [2.45, 2.75) is 0 Å². The second-order valence-corrected chi connectivity index (χ2v) is 8.67. The zero-order chi connectivity index (χ0) is 30.2. The molecule has 1 aromatic carbocycles. The standard InChI is InChI=1S/C12H10N6.C12H8N6.C8H8.H2O/c2*1-3-7-13-9(5-1)11-15-17-12(18-16-11)10-6-2-4-8-14-10;1-2-8-6-4-3-5-7-8;/h1-8H,(H,15,16)(H,17,18);1-8H;2-7H,1H2;1H2. The number of hydrogen-bond acceptors (Lipinski definition) is 12. The van der Waals surface area contributed by atoms with Gasteiger partial charge in [0.15, 0.2) is 11.7 Å². The number of hydrogen-bond donors (Lipinski definition) is 2. The fraction of sp³-hybridized carbons (Fsp3) is 0. The molecule has 4 N–H and O–H groups in total. The fourth-order valence-corrected chi connectivity index (χ4v) is 3.52. The molecule has 0 atom stereocenters. The highest BCUT2D eigenvalue weighted by Crippen LogP contribution is 2.11. The second-order valence-electron chi connectivity index (χ2n) is 8.67. The van der Waals surface area contributed by atoms with Crippen LogP contribution in [0.15, 0.2) is 145 Å². The van der Waals surface area contributed by atoms with Gasteiger partial charge in [0.2, 0.25) is 11.6 Å². The predicted octanol–water partition coefficient (Wildman–Crippen LogP) is 3.59. The first-order valence-electron chi connectivity index (χ1n) is 13.4. The lowest BCUT2D eigenvalue weighted by Crippen LogP contribution is -2.35. The Balaban J connectivity index is 0.000000163. The van der Waals surface area contributed by atoms with Gasteiger partial charge >= 0.3 is 0 Å². The van der Waals surface area contributed by atoms with E-state index in [0.29, 0.717) is 34.7 Å². The van der Waals surface area contributed by atoms with Crippen molar-refractivity contribution in [1.29, 1.82) is 0 Å². The monoisotopic (exact) mass is 596 g/mol. The van der Waals surface area contributed by atoms with Crippen molar-refractivity contribution in [3.8, 4) is 23.0 Å². The van der Waals surface area contributed by atoms with Crippen LogP contribution in [0.4, 0.5) is 0 Å². The first-order valence-corrected chi connectivity index (χ1v) is 13.4. The van der Waals surface area contributed by atoms with Crippen molar-refractivity contribution in [2.24, 2.45) is 10.2 Å². The Morgan fingerprint density at radius 2 is 0.800 bits per heavy atom. The largest absolute Gasteiger partial charge is 0.412 e. The minimum absolute atomic E-state index is 0. The van der Waals surface area contributed by atoms with E-state index in [-0.39, 0.29) is 5.48 Å². The minimum atomic E-state index is 0. The van der Waals surface area contributed by atoms with Gasteiger partial charge in [0, 0.05) is 24.8 Å². The van der Waals surface area contributed by atoms with Gasteiger partial charge in [-0.2, -0.15) is 10.2 Å². The van der Waals surface area contributed by atoms with Crippen molar-refractivity contribution < 1.29 is 5.48 Å².